The summed E-state index contributed by atoms with van der Waals surface area (Å²) in [5.41, 5.74) is 1.09. The molecule has 4 heteroatoms. The van der Waals surface area contributed by atoms with E-state index in [9.17, 15) is 4.79 Å². The Kier molecular flexibility index (Phi) is 3.44. The van der Waals surface area contributed by atoms with E-state index in [2.05, 4.69) is 12.1 Å². The molecule has 19 heavy (non-hydrogen) atoms. The highest BCUT2D eigenvalue weighted by molar-refractivity contribution is 8.01. The smallest absolute Gasteiger partial charge is 0.252 e. The van der Waals surface area contributed by atoms with E-state index in [-0.39, 0.29) is 10.8 Å². The minimum Gasteiger partial charge on any atom is -0.285 e. The fourth-order valence-electron chi connectivity index (χ4n) is 3.21. The fourth-order valence-corrected chi connectivity index (χ4v) is 4.64. The molecule has 2 fully saturated rings. The van der Waals surface area contributed by atoms with Gasteiger partial charge >= 0.3 is 0 Å². The molecule has 0 radical (unpaired) electrons. The second-order valence-electron chi connectivity index (χ2n) is 5.36. The number of rotatable bonds is 2. The summed E-state index contributed by atoms with van der Waals surface area (Å²) in [5.74, 6) is 0.871. The molecule has 1 aromatic rings. The first kappa shape index (κ1) is 12.9. The number of nitrogens with zero attached hydrogens (tertiary/aromatic N) is 2. The lowest BCUT2D eigenvalue weighted by molar-refractivity contribution is -0.131. The highest BCUT2D eigenvalue weighted by atomic mass is 32.2. The molecule has 1 saturated heterocycles. The van der Waals surface area contributed by atoms with Crippen LogP contribution in [-0.2, 0) is 4.79 Å². The van der Waals surface area contributed by atoms with Gasteiger partial charge in [-0.1, -0.05) is 37.5 Å². The van der Waals surface area contributed by atoms with Gasteiger partial charge in [0.2, 0.25) is 0 Å². The fraction of sp³-hybridized carbons (Fsp3) is 0.533. The number of benzene rings is 1. The van der Waals surface area contributed by atoms with Gasteiger partial charge in [-0.25, -0.2) is 5.01 Å². The van der Waals surface area contributed by atoms with Gasteiger partial charge in [0.25, 0.3) is 5.91 Å². The third-order valence-corrected chi connectivity index (χ3v) is 5.66. The first-order chi connectivity index (χ1) is 9.23. The number of hydrogen-bond acceptors (Lipinski definition) is 3. The molecule has 1 aliphatic heterocycles. The first-order valence-corrected chi connectivity index (χ1v) is 7.97. The molecular formula is C15H20N2OS. The summed E-state index contributed by atoms with van der Waals surface area (Å²) in [4.78, 5) is 12.3. The van der Waals surface area contributed by atoms with Crippen molar-refractivity contribution in [1.82, 2.24) is 5.01 Å². The van der Waals surface area contributed by atoms with Gasteiger partial charge in [0.1, 0.15) is 4.87 Å². The summed E-state index contributed by atoms with van der Waals surface area (Å²) in [5, 5.41) is 4.07. The van der Waals surface area contributed by atoms with Crippen molar-refractivity contribution >= 4 is 23.4 Å². The maximum Gasteiger partial charge on any atom is 0.252 e. The number of carbonyl (C=O) groups excluding carboxylic acids is 1. The Morgan fingerprint density at radius 1 is 1.16 bits per heavy atom. The second kappa shape index (κ2) is 5.08. The lowest BCUT2D eigenvalue weighted by Gasteiger charge is -2.45. The minimum atomic E-state index is 0.0138. The zero-order valence-corrected chi connectivity index (χ0v) is 12.2. The van der Waals surface area contributed by atoms with E-state index in [4.69, 9.17) is 0 Å². The molecule has 0 atom stereocenters. The van der Waals surface area contributed by atoms with Crippen LogP contribution in [0.2, 0.25) is 0 Å². The topological polar surface area (TPSA) is 23.6 Å². The largest absolute Gasteiger partial charge is 0.285 e. The number of hydrogen-bond donors (Lipinski definition) is 0. The number of para-hydroxylation sites is 1. The summed E-state index contributed by atoms with van der Waals surface area (Å²) in [6.07, 6.45) is 6.03. The van der Waals surface area contributed by atoms with Gasteiger partial charge in [-0.05, 0) is 25.0 Å². The average Bonchev–Trinajstić information content (AvgIpc) is 2.77. The number of thioether (sulfide) groups is 1. The molecule has 0 aromatic heterocycles. The third kappa shape index (κ3) is 2.22. The predicted molar refractivity (Wildman–Crippen MR) is 80.0 cm³/mol. The van der Waals surface area contributed by atoms with Gasteiger partial charge in [-0.15, -0.1) is 11.8 Å². The summed E-state index contributed by atoms with van der Waals surface area (Å²) >= 11 is 1.84. The van der Waals surface area contributed by atoms with Crippen molar-refractivity contribution in [2.75, 3.05) is 17.8 Å². The molecule has 1 spiro atoms. The van der Waals surface area contributed by atoms with Crippen molar-refractivity contribution in [3.63, 3.8) is 0 Å². The van der Waals surface area contributed by atoms with E-state index in [1.165, 1.54) is 19.3 Å². The van der Waals surface area contributed by atoms with Crippen LogP contribution in [-0.4, -0.2) is 28.6 Å². The van der Waals surface area contributed by atoms with Crippen LogP contribution in [0.3, 0.4) is 0 Å². The molecule has 1 aromatic carbocycles. The van der Waals surface area contributed by atoms with E-state index in [1.54, 1.807) is 0 Å². The van der Waals surface area contributed by atoms with E-state index in [0.29, 0.717) is 5.75 Å². The zero-order valence-electron chi connectivity index (χ0n) is 11.3. The van der Waals surface area contributed by atoms with E-state index >= 15 is 0 Å². The second-order valence-corrected chi connectivity index (χ2v) is 6.70. The molecule has 0 bridgehead atoms. The standard InChI is InChI=1S/C15H20N2OS/c1-16(13-8-4-2-5-9-13)17-14(18)12-19-15(17)10-6-3-7-11-15/h2,4-5,8-9H,3,6-7,10-12H2,1H3. The monoisotopic (exact) mass is 276 g/mol. The molecule has 2 aliphatic rings. The normalized spacial score (nSPS) is 21.9. The Hall–Kier alpha value is -1.16. The van der Waals surface area contributed by atoms with Gasteiger partial charge in [0.05, 0.1) is 11.4 Å². The Morgan fingerprint density at radius 2 is 1.84 bits per heavy atom. The van der Waals surface area contributed by atoms with Crippen molar-refractivity contribution in [3.05, 3.63) is 30.3 Å². The minimum absolute atomic E-state index is 0.0138. The Balaban J connectivity index is 1.90. The van der Waals surface area contributed by atoms with E-state index in [0.717, 1.165) is 18.5 Å². The number of anilines is 1. The van der Waals surface area contributed by atoms with Crippen LogP contribution >= 0.6 is 11.8 Å². The lowest BCUT2D eigenvalue weighted by atomic mass is 9.94. The highest BCUT2D eigenvalue weighted by Crippen LogP contribution is 2.48. The average molecular weight is 276 g/mol. The van der Waals surface area contributed by atoms with E-state index < -0.39 is 0 Å². The zero-order chi connectivity index (χ0) is 13.3. The summed E-state index contributed by atoms with van der Waals surface area (Å²) in [7, 11) is 2.01. The van der Waals surface area contributed by atoms with Gasteiger partial charge < -0.3 is 0 Å². The van der Waals surface area contributed by atoms with Crippen LogP contribution in [0.4, 0.5) is 5.69 Å². The Morgan fingerprint density at radius 3 is 2.53 bits per heavy atom. The molecule has 1 saturated carbocycles. The molecule has 0 unspecified atom stereocenters. The SMILES string of the molecule is CN(c1ccccc1)N1C(=O)CSC12CCCCC2. The molecule has 102 valence electrons. The van der Waals surface area contributed by atoms with Gasteiger partial charge in [-0.3, -0.25) is 9.80 Å². The predicted octanol–water partition coefficient (Wildman–Crippen LogP) is 3.27. The highest BCUT2D eigenvalue weighted by Gasteiger charge is 2.48. The summed E-state index contributed by atoms with van der Waals surface area (Å²) in [6.45, 7) is 0. The third-order valence-electron chi connectivity index (χ3n) is 4.15. The van der Waals surface area contributed by atoms with Gasteiger partial charge in [0, 0.05) is 7.05 Å². The summed E-state index contributed by atoms with van der Waals surface area (Å²) in [6, 6.07) is 10.2. The molecular weight excluding hydrogens is 256 g/mol. The lowest BCUT2D eigenvalue weighted by Crippen LogP contribution is -2.54. The van der Waals surface area contributed by atoms with Crippen molar-refractivity contribution in [3.8, 4) is 0 Å². The molecule has 0 N–H and O–H groups in total. The maximum absolute atomic E-state index is 12.3. The Labute approximate surface area is 118 Å². The maximum atomic E-state index is 12.3. The molecule has 1 heterocycles. The van der Waals surface area contributed by atoms with E-state index in [1.807, 2.05) is 47.0 Å². The molecule has 1 amide bonds. The van der Waals surface area contributed by atoms with Crippen LogP contribution in [0.1, 0.15) is 32.1 Å². The van der Waals surface area contributed by atoms with Crippen molar-refractivity contribution in [2.24, 2.45) is 0 Å². The first-order valence-electron chi connectivity index (χ1n) is 6.99. The Bertz CT molecular complexity index is 456. The van der Waals surface area contributed by atoms with Gasteiger partial charge in [-0.2, -0.15) is 0 Å². The molecule has 3 nitrogen and oxygen atoms in total. The van der Waals surface area contributed by atoms with Crippen molar-refractivity contribution in [2.45, 2.75) is 37.0 Å². The van der Waals surface area contributed by atoms with Crippen LogP contribution < -0.4 is 5.01 Å². The molecule has 1 aliphatic carbocycles. The quantitative estimate of drug-likeness (QED) is 0.828. The number of carbonyl (C=O) groups is 1. The number of amides is 1. The van der Waals surface area contributed by atoms with Crippen LogP contribution in [0.15, 0.2) is 30.3 Å². The summed E-state index contributed by atoms with van der Waals surface area (Å²) < 4.78 is 0. The van der Waals surface area contributed by atoms with Crippen LogP contribution in [0.25, 0.3) is 0 Å². The number of hydrazine groups is 1. The van der Waals surface area contributed by atoms with Crippen LogP contribution in [0.5, 0.6) is 0 Å². The van der Waals surface area contributed by atoms with Crippen molar-refractivity contribution in [1.29, 1.82) is 0 Å². The van der Waals surface area contributed by atoms with Crippen molar-refractivity contribution < 1.29 is 4.79 Å². The van der Waals surface area contributed by atoms with Gasteiger partial charge in [0.15, 0.2) is 0 Å². The molecule has 3 rings (SSSR count). The van der Waals surface area contributed by atoms with Crippen LogP contribution in [0, 0.1) is 0 Å².